The zero-order valence-electron chi connectivity index (χ0n) is 20.3. The zero-order chi connectivity index (χ0) is 26.6. The highest BCUT2D eigenvalue weighted by atomic mass is 79.9. The molecule has 1 aliphatic heterocycles. The standard InChI is InChI=1S/C24H27BrN4O6S2/c1-34-21-6-3-17(15-22(21)35-2)9-10-26-19-16-18(4-5-20(19)29(30)31)27-11-13-28(14-12-27)37(32,33)24-8-7-23(25)36-24/h3-8,15-16,26H,9-14H2,1-2H3. The van der Waals surface area contributed by atoms with E-state index in [1.165, 1.54) is 21.7 Å². The first kappa shape index (κ1) is 27.2. The van der Waals surface area contributed by atoms with Crippen molar-refractivity contribution in [2.45, 2.75) is 10.6 Å². The number of nitrogens with one attached hydrogen (secondary N) is 1. The van der Waals surface area contributed by atoms with Crippen LogP contribution in [0.1, 0.15) is 5.56 Å². The van der Waals surface area contributed by atoms with Crippen LogP contribution in [0.5, 0.6) is 11.5 Å². The first-order chi connectivity index (χ1) is 17.7. The van der Waals surface area contributed by atoms with Gasteiger partial charge in [-0.3, -0.25) is 10.1 Å². The van der Waals surface area contributed by atoms with Crippen LogP contribution in [0.3, 0.4) is 0 Å². The van der Waals surface area contributed by atoms with Gasteiger partial charge in [-0.15, -0.1) is 11.3 Å². The summed E-state index contributed by atoms with van der Waals surface area (Å²) >= 11 is 4.51. The third kappa shape index (κ3) is 6.17. The Balaban J connectivity index is 1.43. The fraction of sp³-hybridized carbons (Fsp3) is 0.333. The quantitative estimate of drug-likeness (QED) is 0.262. The Morgan fingerprint density at radius 1 is 1.03 bits per heavy atom. The summed E-state index contributed by atoms with van der Waals surface area (Å²) in [6, 6.07) is 13.9. The predicted octanol–water partition coefficient (Wildman–Crippen LogP) is 4.60. The zero-order valence-corrected chi connectivity index (χ0v) is 23.6. The Labute approximate surface area is 228 Å². The lowest BCUT2D eigenvalue weighted by Gasteiger charge is -2.35. The molecule has 13 heteroatoms. The number of hydrogen-bond acceptors (Lipinski definition) is 9. The first-order valence-electron chi connectivity index (χ1n) is 11.5. The number of ether oxygens (including phenoxy) is 2. The largest absolute Gasteiger partial charge is 0.493 e. The lowest BCUT2D eigenvalue weighted by Crippen LogP contribution is -2.48. The highest BCUT2D eigenvalue weighted by molar-refractivity contribution is 9.11. The van der Waals surface area contributed by atoms with E-state index in [0.29, 0.717) is 60.5 Å². The van der Waals surface area contributed by atoms with Gasteiger partial charge in [0, 0.05) is 44.5 Å². The van der Waals surface area contributed by atoms with E-state index in [2.05, 4.69) is 21.2 Å². The lowest BCUT2D eigenvalue weighted by atomic mass is 10.1. The maximum atomic E-state index is 12.9. The maximum absolute atomic E-state index is 12.9. The van der Waals surface area contributed by atoms with E-state index in [0.717, 1.165) is 15.0 Å². The number of methoxy groups -OCH3 is 2. The van der Waals surface area contributed by atoms with Crippen LogP contribution in [0.2, 0.25) is 0 Å². The van der Waals surface area contributed by atoms with Gasteiger partial charge in [0.1, 0.15) is 9.90 Å². The van der Waals surface area contributed by atoms with E-state index < -0.39 is 14.9 Å². The molecule has 3 aromatic rings. The molecule has 0 aliphatic carbocycles. The van der Waals surface area contributed by atoms with Crippen molar-refractivity contribution in [1.82, 2.24) is 4.31 Å². The molecule has 4 rings (SSSR count). The third-order valence-electron chi connectivity index (χ3n) is 6.10. The second-order valence-corrected chi connectivity index (χ2v) is 12.9. The van der Waals surface area contributed by atoms with E-state index in [1.54, 1.807) is 38.5 Å². The summed E-state index contributed by atoms with van der Waals surface area (Å²) in [6.07, 6.45) is 0.622. The summed E-state index contributed by atoms with van der Waals surface area (Å²) in [6.45, 7) is 2.10. The number of anilines is 2. The molecule has 0 atom stereocenters. The molecule has 1 fully saturated rings. The van der Waals surface area contributed by atoms with E-state index in [1.807, 2.05) is 23.1 Å². The summed E-state index contributed by atoms with van der Waals surface area (Å²) < 4.78 is 39.0. The Bertz CT molecular complexity index is 1370. The Morgan fingerprint density at radius 3 is 2.38 bits per heavy atom. The minimum atomic E-state index is -3.54. The Kier molecular flexibility index (Phi) is 8.57. The molecular formula is C24H27BrN4O6S2. The fourth-order valence-electron chi connectivity index (χ4n) is 4.15. The SMILES string of the molecule is COc1ccc(CCNc2cc(N3CCN(S(=O)(=O)c4ccc(Br)s4)CC3)ccc2[N+](=O)[O-])cc1OC. The lowest BCUT2D eigenvalue weighted by molar-refractivity contribution is -0.383. The van der Waals surface area contributed by atoms with Gasteiger partial charge in [-0.25, -0.2) is 8.42 Å². The van der Waals surface area contributed by atoms with Gasteiger partial charge in [-0.05, 0) is 64.3 Å². The third-order valence-corrected chi connectivity index (χ3v) is 10.1. The normalized spacial score (nSPS) is 14.4. The van der Waals surface area contributed by atoms with Crippen molar-refractivity contribution >= 4 is 54.4 Å². The van der Waals surface area contributed by atoms with Gasteiger partial charge >= 0.3 is 0 Å². The Morgan fingerprint density at radius 2 is 1.76 bits per heavy atom. The summed E-state index contributed by atoms with van der Waals surface area (Å²) in [5, 5.41) is 14.8. The summed E-state index contributed by atoms with van der Waals surface area (Å²) in [7, 11) is -0.393. The van der Waals surface area contributed by atoms with Crippen LogP contribution in [-0.4, -0.2) is 64.6 Å². The number of thiophene rings is 1. The number of halogens is 1. The highest BCUT2D eigenvalue weighted by Gasteiger charge is 2.30. The van der Waals surface area contributed by atoms with E-state index >= 15 is 0 Å². The van der Waals surface area contributed by atoms with Crippen molar-refractivity contribution in [2.24, 2.45) is 0 Å². The van der Waals surface area contributed by atoms with Crippen LogP contribution in [0.15, 0.2) is 56.5 Å². The molecule has 0 bridgehead atoms. The number of nitro benzene ring substituents is 1. The molecule has 1 aliphatic rings. The molecule has 2 aromatic carbocycles. The van der Waals surface area contributed by atoms with Gasteiger partial charge in [-0.1, -0.05) is 6.07 Å². The average molecular weight is 612 g/mol. The second-order valence-electron chi connectivity index (χ2n) is 8.27. The number of sulfonamides is 1. The molecule has 1 aromatic heterocycles. The molecule has 0 radical (unpaired) electrons. The molecule has 0 unspecified atom stereocenters. The van der Waals surface area contributed by atoms with Crippen molar-refractivity contribution in [3.63, 3.8) is 0 Å². The van der Waals surface area contributed by atoms with Gasteiger partial charge < -0.3 is 19.7 Å². The predicted molar refractivity (Wildman–Crippen MR) is 148 cm³/mol. The number of benzene rings is 2. The first-order valence-corrected chi connectivity index (χ1v) is 14.5. The van der Waals surface area contributed by atoms with Crippen LogP contribution < -0.4 is 19.7 Å². The van der Waals surface area contributed by atoms with Gasteiger partial charge in [0.05, 0.1) is 22.9 Å². The van der Waals surface area contributed by atoms with Crippen molar-refractivity contribution < 1.29 is 22.8 Å². The summed E-state index contributed by atoms with van der Waals surface area (Å²) in [5.41, 5.74) is 2.20. The van der Waals surface area contributed by atoms with Crippen LogP contribution >= 0.6 is 27.3 Å². The minimum Gasteiger partial charge on any atom is -0.493 e. The van der Waals surface area contributed by atoms with Crippen LogP contribution in [-0.2, 0) is 16.4 Å². The molecule has 0 amide bonds. The summed E-state index contributed by atoms with van der Waals surface area (Å²) in [4.78, 5) is 13.3. The van der Waals surface area contributed by atoms with E-state index in [9.17, 15) is 18.5 Å². The van der Waals surface area contributed by atoms with Gasteiger partial charge in [-0.2, -0.15) is 4.31 Å². The average Bonchev–Trinajstić information content (AvgIpc) is 3.35. The molecule has 10 nitrogen and oxygen atoms in total. The van der Waals surface area contributed by atoms with Crippen LogP contribution in [0, 0.1) is 10.1 Å². The highest BCUT2D eigenvalue weighted by Crippen LogP contribution is 2.33. The summed E-state index contributed by atoms with van der Waals surface area (Å²) in [5.74, 6) is 1.26. The molecule has 198 valence electrons. The van der Waals surface area contributed by atoms with Crippen molar-refractivity contribution in [1.29, 1.82) is 0 Å². The van der Waals surface area contributed by atoms with Crippen LogP contribution in [0.25, 0.3) is 0 Å². The Hall–Kier alpha value is -2.87. The maximum Gasteiger partial charge on any atom is 0.292 e. The van der Waals surface area contributed by atoms with Crippen molar-refractivity contribution in [3.05, 3.63) is 68.0 Å². The molecule has 0 saturated carbocycles. The fourth-order valence-corrected chi connectivity index (χ4v) is 7.74. The molecule has 37 heavy (non-hydrogen) atoms. The molecule has 1 saturated heterocycles. The van der Waals surface area contributed by atoms with Gasteiger partial charge in [0.2, 0.25) is 0 Å². The molecule has 0 spiro atoms. The molecule has 2 heterocycles. The second kappa shape index (κ2) is 11.7. The van der Waals surface area contributed by atoms with E-state index in [4.69, 9.17) is 9.47 Å². The van der Waals surface area contributed by atoms with Gasteiger partial charge in [0.25, 0.3) is 15.7 Å². The van der Waals surface area contributed by atoms with E-state index in [-0.39, 0.29) is 5.69 Å². The van der Waals surface area contributed by atoms with Crippen molar-refractivity contribution in [3.8, 4) is 11.5 Å². The van der Waals surface area contributed by atoms with Gasteiger partial charge in [0.15, 0.2) is 11.5 Å². The van der Waals surface area contributed by atoms with Crippen LogP contribution in [0.4, 0.5) is 17.1 Å². The number of nitrogens with zero attached hydrogens (tertiary/aromatic N) is 3. The number of rotatable bonds is 10. The number of hydrogen-bond donors (Lipinski definition) is 1. The molecular weight excluding hydrogens is 584 g/mol. The topological polar surface area (TPSA) is 114 Å². The smallest absolute Gasteiger partial charge is 0.292 e. The minimum absolute atomic E-state index is 0.0134. The number of piperazine rings is 1. The van der Waals surface area contributed by atoms with Crippen molar-refractivity contribution in [2.75, 3.05) is 57.2 Å². The number of nitro groups is 1. The monoisotopic (exact) mass is 610 g/mol. The molecule has 1 N–H and O–H groups in total.